The number of aryl methyl sites for hydroxylation is 2. The van der Waals surface area contributed by atoms with Crippen molar-refractivity contribution in [1.29, 1.82) is 5.26 Å². The van der Waals surface area contributed by atoms with Gasteiger partial charge in [0, 0.05) is 11.6 Å². The highest BCUT2D eigenvalue weighted by Crippen LogP contribution is 2.28. The number of ether oxygens (including phenoxy) is 1. The largest absolute Gasteiger partial charge is 0.490 e. The molecule has 19 heavy (non-hydrogen) atoms. The summed E-state index contributed by atoms with van der Waals surface area (Å²) in [5, 5.41) is 22.7. The molecule has 0 saturated carbocycles. The van der Waals surface area contributed by atoms with Gasteiger partial charge in [-0.05, 0) is 39.4 Å². The lowest BCUT2D eigenvalue weighted by Gasteiger charge is -2.21. The zero-order valence-corrected chi connectivity index (χ0v) is 11.5. The molecule has 1 N–H and O–H groups in total. The monoisotopic (exact) mass is 263 g/mol. The molecular formula is C13H17N3O3. The fourth-order valence-electron chi connectivity index (χ4n) is 1.51. The molecule has 6 heteroatoms. The van der Waals surface area contributed by atoms with E-state index >= 15 is 0 Å². The lowest BCUT2D eigenvalue weighted by molar-refractivity contribution is -0.385. The van der Waals surface area contributed by atoms with E-state index in [2.05, 4.69) is 11.4 Å². The van der Waals surface area contributed by atoms with E-state index in [4.69, 9.17) is 10.00 Å². The van der Waals surface area contributed by atoms with E-state index in [1.807, 2.05) is 0 Å². The lowest BCUT2D eigenvalue weighted by Crippen LogP contribution is -2.43. The number of nitrogens with zero attached hydrogens (tertiary/aromatic N) is 2. The minimum absolute atomic E-state index is 0.0708. The summed E-state index contributed by atoms with van der Waals surface area (Å²) in [5.41, 5.74) is 0.492. The fraction of sp³-hybridized carbons (Fsp3) is 0.462. The van der Waals surface area contributed by atoms with Gasteiger partial charge in [-0.3, -0.25) is 15.4 Å². The second-order valence-corrected chi connectivity index (χ2v) is 4.64. The summed E-state index contributed by atoms with van der Waals surface area (Å²) in [4.78, 5) is 10.4. The maximum Gasteiger partial charge on any atom is 0.272 e. The van der Waals surface area contributed by atoms with E-state index in [1.54, 1.807) is 33.9 Å². The average molecular weight is 263 g/mol. The molecule has 102 valence electrons. The molecule has 1 atom stereocenters. The third kappa shape index (κ3) is 3.42. The summed E-state index contributed by atoms with van der Waals surface area (Å²) >= 11 is 0. The van der Waals surface area contributed by atoms with E-state index in [1.165, 1.54) is 6.07 Å². The molecule has 1 aromatic carbocycles. The van der Waals surface area contributed by atoms with Crippen molar-refractivity contribution in [2.75, 3.05) is 13.7 Å². The van der Waals surface area contributed by atoms with Crippen LogP contribution in [0.15, 0.2) is 12.1 Å². The van der Waals surface area contributed by atoms with E-state index in [-0.39, 0.29) is 12.3 Å². The minimum Gasteiger partial charge on any atom is -0.490 e. The van der Waals surface area contributed by atoms with Gasteiger partial charge >= 0.3 is 0 Å². The molecular weight excluding hydrogens is 246 g/mol. The van der Waals surface area contributed by atoms with Gasteiger partial charge in [0.2, 0.25) is 0 Å². The zero-order chi connectivity index (χ0) is 14.6. The maximum absolute atomic E-state index is 10.8. The predicted molar refractivity (Wildman–Crippen MR) is 71.1 cm³/mol. The summed E-state index contributed by atoms with van der Waals surface area (Å²) in [5.74, 6) is 0.555. The van der Waals surface area contributed by atoms with Crippen molar-refractivity contribution in [2.24, 2.45) is 0 Å². The normalized spacial score (nSPS) is 13.4. The van der Waals surface area contributed by atoms with Crippen molar-refractivity contribution in [3.05, 3.63) is 33.4 Å². The van der Waals surface area contributed by atoms with Gasteiger partial charge in [-0.15, -0.1) is 0 Å². The number of hydrogen-bond donors (Lipinski definition) is 1. The molecule has 1 rings (SSSR count). The number of nitriles is 1. The van der Waals surface area contributed by atoms with Crippen LogP contribution in [0.4, 0.5) is 5.69 Å². The smallest absolute Gasteiger partial charge is 0.272 e. The zero-order valence-electron chi connectivity index (χ0n) is 11.5. The number of nitro benzene ring substituents is 1. The Morgan fingerprint density at radius 2 is 2.11 bits per heavy atom. The molecule has 0 heterocycles. The van der Waals surface area contributed by atoms with E-state index in [0.717, 1.165) is 0 Å². The molecule has 6 nitrogen and oxygen atoms in total. The van der Waals surface area contributed by atoms with E-state index in [9.17, 15) is 10.1 Å². The average Bonchev–Trinajstić information content (AvgIpc) is 2.38. The van der Waals surface area contributed by atoms with Crippen molar-refractivity contribution in [1.82, 2.24) is 5.32 Å². The third-order valence-corrected chi connectivity index (χ3v) is 3.01. The number of benzene rings is 1. The number of likely N-dealkylation sites (N-methyl/N-ethyl adjacent to an activating group) is 1. The van der Waals surface area contributed by atoms with Crippen LogP contribution in [0.25, 0.3) is 0 Å². The molecule has 1 unspecified atom stereocenters. The minimum atomic E-state index is -0.790. The van der Waals surface area contributed by atoms with E-state index in [0.29, 0.717) is 16.9 Å². The number of rotatable bonds is 5. The van der Waals surface area contributed by atoms with Gasteiger partial charge in [-0.25, -0.2) is 0 Å². The molecule has 0 aliphatic carbocycles. The Hall–Kier alpha value is -2.13. The molecule has 1 aromatic rings. The SMILES string of the molecule is CNC(C)(C#N)COc1cc(C)c([N+](=O)[O-])cc1C. The molecule has 0 radical (unpaired) electrons. The molecule has 0 saturated heterocycles. The van der Waals surface area contributed by atoms with Crippen LogP contribution in [-0.2, 0) is 0 Å². The van der Waals surface area contributed by atoms with Crippen molar-refractivity contribution in [3.8, 4) is 11.8 Å². The van der Waals surface area contributed by atoms with Gasteiger partial charge in [0.15, 0.2) is 0 Å². The standard InChI is InChI=1S/C13H17N3O3/c1-9-6-12(10(2)5-11(9)16(17)18)19-8-13(3,7-14)15-4/h5-6,15H,8H2,1-4H3. The van der Waals surface area contributed by atoms with Crippen LogP contribution in [0, 0.1) is 35.3 Å². The Balaban J connectivity index is 2.96. The van der Waals surface area contributed by atoms with Gasteiger partial charge in [0.05, 0.1) is 11.0 Å². The summed E-state index contributed by atoms with van der Waals surface area (Å²) in [6.45, 7) is 5.29. The Morgan fingerprint density at radius 1 is 1.47 bits per heavy atom. The summed E-state index contributed by atoms with van der Waals surface area (Å²) < 4.78 is 5.59. The first kappa shape index (κ1) is 14.9. The van der Waals surface area contributed by atoms with Crippen molar-refractivity contribution < 1.29 is 9.66 Å². The van der Waals surface area contributed by atoms with Gasteiger partial charge < -0.3 is 4.74 Å². The second-order valence-electron chi connectivity index (χ2n) is 4.64. The van der Waals surface area contributed by atoms with Crippen LogP contribution in [0.3, 0.4) is 0 Å². The van der Waals surface area contributed by atoms with Gasteiger partial charge in [0.1, 0.15) is 17.9 Å². The highest BCUT2D eigenvalue weighted by Gasteiger charge is 2.23. The Bertz CT molecular complexity index is 537. The third-order valence-electron chi connectivity index (χ3n) is 3.01. The fourth-order valence-corrected chi connectivity index (χ4v) is 1.51. The van der Waals surface area contributed by atoms with Crippen LogP contribution < -0.4 is 10.1 Å². The van der Waals surface area contributed by atoms with E-state index < -0.39 is 10.5 Å². The second kappa shape index (κ2) is 5.67. The Morgan fingerprint density at radius 3 is 2.58 bits per heavy atom. The quantitative estimate of drug-likeness (QED) is 0.649. The summed E-state index contributed by atoms with van der Waals surface area (Å²) in [6.07, 6.45) is 0. The highest BCUT2D eigenvalue weighted by atomic mass is 16.6. The van der Waals surface area contributed by atoms with Crippen LogP contribution in [0.2, 0.25) is 0 Å². The molecule has 0 fully saturated rings. The molecule has 0 amide bonds. The van der Waals surface area contributed by atoms with Crippen LogP contribution >= 0.6 is 0 Å². The first-order valence-electron chi connectivity index (χ1n) is 5.81. The Kier molecular flexibility index (Phi) is 4.46. The molecule has 0 bridgehead atoms. The van der Waals surface area contributed by atoms with Crippen molar-refractivity contribution in [3.63, 3.8) is 0 Å². The molecule has 0 aromatic heterocycles. The molecule has 0 spiro atoms. The molecule has 0 aliphatic rings. The first-order chi connectivity index (χ1) is 8.83. The van der Waals surface area contributed by atoms with Gasteiger partial charge in [-0.1, -0.05) is 0 Å². The maximum atomic E-state index is 10.8. The predicted octanol–water partition coefficient (Wildman–Crippen LogP) is 2.09. The first-order valence-corrected chi connectivity index (χ1v) is 5.81. The van der Waals surface area contributed by atoms with Gasteiger partial charge in [-0.2, -0.15) is 5.26 Å². The molecule has 0 aliphatic heterocycles. The summed E-state index contributed by atoms with van der Waals surface area (Å²) in [7, 11) is 1.68. The summed E-state index contributed by atoms with van der Waals surface area (Å²) in [6, 6.07) is 5.22. The van der Waals surface area contributed by atoms with Crippen molar-refractivity contribution >= 4 is 5.69 Å². The lowest BCUT2D eigenvalue weighted by atomic mass is 10.1. The number of hydrogen-bond acceptors (Lipinski definition) is 5. The number of nitrogens with one attached hydrogen (secondary N) is 1. The number of nitro groups is 1. The van der Waals surface area contributed by atoms with Crippen molar-refractivity contribution in [2.45, 2.75) is 26.3 Å². The highest BCUT2D eigenvalue weighted by molar-refractivity contribution is 5.49. The Labute approximate surface area is 112 Å². The topological polar surface area (TPSA) is 88.2 Å². The van der Waals surface area contributed by atoms with Gasteiger partial charge in [0.25, 0.3) is 5.69 Å². The van der Waals surface area contributed by atoms with Crippen LogP contribution in [0.5, 0.6) is 5.75 Å². The van der Waals surface area contributed by atoms with Crippen LogP contribution in [0.1, 0.15) is 18.1 Å². The van der Waals surface area contributed by atoms with Crippen LogP contribution in [-0.4, -0.2) is 24.1 Å².